The Morgan fingerprint density at radius 2 is 1.93 bits per heavy atom. The average Bonchev–Trinajstić information content (AvgIpc) is 3.21. The van der Waals surface area contributed by atoms with Gasteiger partial charge in [-0.2, -0.15) is 0 Å². The molecule has 158 valence electrons. The van der Waals surface area contributed by atoms with Crippen molar-refractivity contribution < 1.29 is 14.4 Å². The first-order chi connectivity index (χ1) is 14.4. The molecule has 0 atom stereocenters. The van der Waals surface area contributed by atoms with Gasteiger partial charge in [-0.15, -0.1) is 0 Å². The highest BCUT2D eigenvalue weighted by Gasteiger charge is 2.26. The highest BCUT2D eigenvalue weighted by atomic mass is 16.5. The van der Waals surface area contributed by atoms with Gasteiger partial charge in [0.25, 0.3) is 5.91 Å². The zero-order chi connectivity index (χ0) is 21.3. The van der Waals surface area contributed by atoms with Crippen LogP contribution in [0.25, 0.3) is 0 Å². The first-order valence-corrected chi connectivity index (χ1v) is 9.89. The van der Waals surface area contributed by atoms with Crippen molar-refractivity contribution >= 4 is 23.1 Å². The maximum atomic E-state index is 12.6. The lowest BCUT2D eigenvalue weighted by molar-refractivity contribution is -0.113. The van der Waals surface area contributed by atoms with Crippen molar-refractivity contribution in [3.63, 3.8) is 0 Å². The topological polar surface area (TPSA) is 97.4 Å². The van der Waals surface area contributed by atoms with Crippen LogP contribution in [0.3, 0.4) is 0 Å². The number of hydrogen-bond acceptors (Lipinski definition) is 8. The van der Waals surface area contributed by atoms with E-state index in [1.54, 1.807) is 0 Å². The van der Waals surface area contributed by atoms with E-state index in [-0.39, 0.29) is 18.0 Å². The van der Waals surface area contributed by atoms with E-state index < -0.39 is 5.91 Å². The Morgan fingerprint density at radius 1 is 1.17 bits per heavy atom. The summed E-state index contributed by atoms with van der Waals surface area (Å²) in [6.07, 6.45) is 2.70. The number of nitrogens with one attached hydrogen (secondary N) is 1. The zero-order valence-electron chi connectivity index (χ0n) is 17.4. The number of aliphatic hydroxyl groups excluding tert-OH is 1. The van der Waals surface area contributed by atoms with E-state index in [0.717, 1.165) is 43.0 Å². The van der Waals surface area contributed by atoms with Gasteiger partial charge in [0, 0.05) is 44.5 Å². The van der Waals surface area contributed by atoms with Gasteiger partial charge in [-0.05, 0) is 37.7 Å². The maximum absolute atomic E-state index is 12.6. The second-order valence-corrected chi connectivity index (χ2v) is 7.80. The summed E-state index contributed by atoms with van der Waals surface area (Å²) < 4.78 is 4.73. The molecule has 0 bridgehead atoms. The fourth-order valence-electron chi connectivity index (χ4n) is 3.69. The zero-order valence-corrected chi connectivity index (χ0v) is 17.4. The number of carbonyl (C=O) groups is 1. The van der Waals surface area contributed by atoms with Crippen molar-refractivity contribution in [1.82, 2.24) is 15.0 Å². The van der Waals surface area contributed by atoms with Gasteiger partial charge in [0.1, 0.15) is 23.5 Å². The van der Waals surface area contributed by atoms with Gasteiger partial charge >= 0.3 is 0 Å². The molecule has 0 radical (unpaired) electrons. The molecule has 1 amide bonds. The number of carbonyl (C=O) groups excluding carboxylic acids is 1. The molecule has 2 aromatic rings. The number of aryl methyl sites for hydroxylation is 1. The van der Waals surface area contributed by atoms with Crippen LogP contribution < -0.4 is 10.2 Å². The van der Waals surface area contributed by atoms with Crippen molar-refractivity contribution in [1.29, 1.82) is 0 Å². The number of anilines is 2. The molecule has 1 saturated heterocycles. The van der Waals surface area contributed by atoms with Crippen LogP contribution in [0.2, 0.25) is 0 Å². The summed E-state index contributed by atoms with van der Waals surface area (Å²) in [7, 11) is 3.98. The summed E-state index contributed by atoms with van der Waals surface area (Å²) in [5, 5.41) is 16.6. The third-order valence-electron chi connectivity index (χ3n) is 5.33. The molecule has 0 saturated carbocycles. The van der Waals surface area contributed by atoms with Gasteiger partial charge in [-0.25, -0.2) is 4.99 Å². The minimum atomic E-state index is -0.506. The Balaban J connectivity index is 1.64. The smallest absolute Gasteiger partial charge is 0.278 e. The summed E-state index contributed by atoms with van der Waals surface area (Å²) in [5.74, 6) is 0.0535. The van der Waals surface area contributed by atoms with E-state index in [1.807, 2.05) is 18.0 Å². The summed E-state index contributed by atoms with van der Waals surface area (Å²) in [4.78, 5) is 23.7. The van der Waals surface area contributed by atoms with Crippen LogP contribution in [0.15, 0.2) is 51.6 Å². The van der Waals surface area contributed by atoms with Gasteiger partial charge < -0.3 is 29.6 Å². The Labute approximate surface area is 175 Å². The lowest BCUT2D eigenvalue weighted by atomic mass is 10.1. The number of amidine groups is 1. The molecule has 3 heterocycles. The average molecular weight is 410 g/mol. The second kappa shape index (κ2) is 8.19. The molecular formula is C21H26N6O3. The minimum Gasteiger partial charge on any atom is -0.508 e. The van der Waals surface area contributed by atoms with Crippen LogP contribution in [0.5, 0.6) is 0 Å². The van der Waals surface area contributed by atoms with Crippen molar-refractivity contribution in [3.05, 3.63) is 53.2 Å². The van der Waals surface area contributed by atoms with Gasteiger partial charge in [-0.1, -0.05) is 5.16 Å². The van der Waals surface area contributed by atoms with Crippen molar-refractivity contribution in [2.75, 3.05) is 57.0 Å². The molecule has 1 aromatic carbocycles. The Kier molecular flexibility index (Phi) is 5.45. The van der Waals surface area contributed by atoms with Crippen LogP contribution in [0.1, 0.15) is 11.1 Å². The predicted octanol–water partition coefficient (Wildman–Crippen LogP) is 1.84. The number of aliphatic imine (C=N–C) groups is 1. The quantitative estimate of drug-likeness (QED) is 0.794. The van der Waals surface area contributed by atoms with Gasteiger partial charge in [0.2, 0.25) is 0 Å². The Morgan fingerprint density at radius 3 is 2.63 bits per heavy atom. The summed E-state index contributed by atoms with van der Waals surface area (Å²) in [5.41, 5.74) is 3.57. The summed E-state index contributed by atoms with van der Waals surface area (Å²) >= 11 is 0. The highest BCUT2D eigenvalue weighted by molar-refractivity contribution is 6.09. The van der Waals surface area contributed by atoms with Crippen LogP contribution >= 0.6 is 0 Å². The number of nitrogens with zero attached hydrogens (tertiary/aromatic N) is 5. The van der Waals surface area contributed by atoms with Crippen LogP contribution in [-0.4, -0.2) is 78.6 Å². The summed E-state index contributed by atoms with van der Waals surface area (Å²) in [6.45, 7) is 6.23. The minimum absolute atomic E-state index is 0.00745. The molecule has 9 nitrogen and oxygen atoms in total. The third kappa shape index (κ3) is 4.16. The molecule has 0 unspecified atom stereocenters. The molecule has 2 N–H and O–H groups in total. The SMILES string of the molecule is Cc1cc(C2=NC(C(=O)Nc3cnoc3)=C(O)CN2C)cc(N2CCN(C)CC2)c1. The fraction of sp³-hybridized carbons (Fsp3) is 0.381. The number of aliphatic hydroxyl groups is 1. The molecule has 9 heteroatoms. The molecule has 2 aliphatic rings. The van der Waals surface area contributed by atoms with Crippen LogP contribution in [0.4, 0.5) is 11.4 Å². The lowest BCUT2D eigenvalue weighted by Crippen LogP contribution is -2.44. The molecule has 1 fully saturated rings. The normalized spacial score (nSPS) is 17.9. The highest BCUT2D eigenvalue weighted by Crippen LogP contribution is 2.24. The molecule has 0 spiro atoms. The van der Waals surface area contributed by atoms with Crippen molar-refractivity contribution in [2.45, 2.75) is 6.92 Å². The number of benzene rings is 1. The number of amides is 1. The number of aromatic nitrogens is 1. The predicted molar refractivity (Wildman–Crippen MR) is 115 cm³/mol. The van der Waals surface area contributed by atoms with Crippen molar-refractivity contribution in [2.24, 2.45) is 4.99 Å². The van der Waals surface area contributed by atoms with E-state index >= 15 is 0 Å². The van der Waals surface area contributed by atoms with E-state index in [0.29, 0.717) is 11.5 Å². The first kappa shape index (κ1) is 20.0. The number of rotatable bonds is 4. The molecular weight excluding hydrogens is 384 g/mol. The molecule has 30 heavy (non-hydrogen) atoms. The number of hydrogen-bond donors (Lipinski definition) is 2. The second-order valence-electron chi connectivity index (χ2n) is 7.80. The van der Waals surface area contributed by atoms with E-state index in [4.69, 9.17) is 4.52 Å². The van der Waals surface area contributed by atoms with Gasteiger partial charge in [0.05, 0.1) is 12.7 Å². The van der Waals surface area contributed by atoms with E-state index in [1.165, 1.54) is 12.5 Å². The number of piperazine rings is 1. The van der Waals surface area contributed by atoms with Gasteiger partial charge in [0.15, 0.2) is 5.70 Å². The van der Waals surface area contributed by atoms with E-state index in [2.05, 4.69) is 51.4 Å². The molecule has 4 rings (SSSR count). The third-order valence-corrected chi connectivity index (χ3v) is 5.33. The van der Waals surface area contributed by atoms with E-state index in [9.17, 15) is 9.90 Å². The molecule has 0 aliphatic carbocycles. The van der Waals surface area contributed by atoms with Crippen molar-refractivity contribution in [3.8, 4) is 0 Å². The Bertz CT molecular complexity index is 990. The number of likely N-dealkylation sites (N-methyl/N-ethyl adjacent to an activating group) is 2. The molecule has 2 aliphatic heterocycles. The largest absolute Gasteiger partial charge is 0.508 e. The lowest BCUT2D eigenvalue weighted by Gasteiger charge is -2.34. The van der Waals surface area contributed by atoms with Crippen LogP contribution in [-0.2, 0) is 4.79 Å². The molecule has 1 aromatic heterocycles. The maximum Gasteiger partial charge on any atom is 0.278 e. The monoisotopic (exact) mass is 410 g/mol. The Hall–Kier alpha value is -3.33. The first-order valence-electron chi connectivity index (χ1n) is 9.89. The fourth-order valence-corrected chi connectivity index (χ4v) is 3.69. The van der Waals surface area contributed by atoms with Crippen LogP contribution in [0, 0.1) is 6.92 Å². The van der Waals surface area contributed by atoms with Gasteiger partial charge in [-0.3, -0.25) is 4.79 Å². The standard InChI is InChI=1S/C21H26N6O3/c1-14-8-15(10-17(9-14)27-6-4-25(2)5-7-27)20-24-19(18(28)12-26(20)3)21(29)23-16-11-22-30-13-16/h8-11,13,28H,4-7,12H2,1-3H3,(H,23,29). The summed E-state index contributed by atoms with van der Waals surface area (Å²) in [6, 6.07) is 6.32.